The third kappa shape index (κ3) is 3.14. The summed E-state index contributed by atoms with van der Waals surface area (Å²) in [5.41, 5.74) is 8.16. The largest absolute Gasteiger partial charge is 0.387 e. The Kier molecular flexibility index (Phi) is 4.31. The van der Waals surface area contributed by atoms with E-state index >= 15 is 0 Å². The number of halogens is 1. The average Bonchev–Trinajstić information content (AvgIpc) is 2.84. The number of hydrogen-bond donors (Lipinski definition) is 2. The van der Waals surface area contributed by atoms with Crippen molar-refractivity contribution in [1.29, 1.82) is 0 Å². The topological polar surface area (TPSA) is 81.1 Å². The van der Waals surface area contributed by atoms with Gasteiger partial charge in [0.05, 0.1) is 30.1 Å². The summed E-state index contributed by atoms with van der Waals surface area (Å²) in [6.07, 6.45) is -0.862. The number of aliphatic hydroxyl groups is 1. The van der Waals surface area contributed by atoms with E-state index in [0.29, 0.717) is 17.0 Å². The highest BCUT2D eigenvalue weighted by Crippen LogP contribution is 2.24. The smallest absolute Gasteiger partial charge is 0.225 e. The van der Waals surface area contributed by atoms with E-state index in [9.17, 15) is 14.3 Å². The Hall–Kier alpha value is -2.73. The maximum absolute atomic E-state index is 13.3. The van der Waals surface area contributed by atoms with Crippen LogP contribution in [0.2, 0.25) is 0 Å². The molecule has 1 aromatic heterocycles. The van der Waals surface area contributed by atoms with E-state index in [1.54, 1.807) is 17.6 Å². The minimum atomic E-state index is -0.852. The summed E-state index contributed by atoms with van der Waals surface area (Å²) in [6, 6.07) is 11.7. The fourth-order valence-corrected chi connectivity index (χ4v) is 2.90. The zero-order chi connectivity index (χ0) is 17.3. The minimum absolute atomic E-state index is 0.0101. The van der Waals surface area contributed by atoms with Gasteiger partial charge in [-0.05, 0) is 42.3 Å². The molecule has 0 aliphatic heterocycles. The summed E-state index contributed by atoms with van der Waals surface area (Å²) >= 11 is 0. The molecule has 0 saturated heterocycles. The highest BCUT2D eigenvalue weighted by atomic mass is 19.1. The van der Waals surface area contributed by atoms with Crippen molar-refractivity contribution in [2.75, 3.05) is 0 Å². The molecule has 1 amide bonds. The second-order valence-corrected chi connectivity index (χ2v) is 5.79. The third-order valence-corrected chi connectivity index (χ3v) is 4.01. The molecule has 0 spiro atoms. The molecule has 0 radical (unpaired) electrons. The molecule has 1 atom stereocenters. The maximum atomic E-state index is 13.3. The van der Waals surface area contributed by atoms with Crippen LogP contribution < -0.4 is 5.73 Å². The second kappa shape index (κ2) is 6.41. The lowest BCUT2D eigenvalue weighted by Gasteiger charge is -2.17. The van der Waals surface area contributed by atoms with E-state index < -0.39 is 12.0 Å². The van der Waals surface area contributed by atoms with Crippen LogP contribution in [0.5, 0.6) is 0 Å². The molecule has 3 N–H and O–H groups in total. The number of nitrogens with two attached hydrogens (primary N) is 1. The van der Waals surface area contributed by atoms with Crippen LogP contribution in [0, 0.1) is 12.7 Å². The Balaban J connectivity index is 2.00. The molecule has 0 aliphatic rings. The van der Waals surface area contributed by atoms with Gasteiger partial charge in [0.2, 0.25) is 5.91 Å². The minimum Gasteiger partial charge on any atom is -0.387 e. The standard InChI is InChI=1S/C18H18FN3O2/c1-11-8-12(19)6-7-13(11)16(23)10-22-15-5-3-2-4-14(15)21-18(22)9-17(20)24/h2-8,16,23H,9-10H2,1H3,(H2,20,24). The highest BCUT2D eigenvalue weighted by Gasteiger charge is 2.18. The van der Waals surface area contributed by atoms with Crippen molar-refractivity contribution in [3.05, 3.63) is 65.2 Å². The Morgan fingerprint density at radius 2 is 2.08 bits per heavy atom. The van der Waals surface area contributed by atoms with Crippen LogP contribution in [0.3, 0.4) is 0 Å². The summed E-state index contributed by atoms with van der Waals surface area (Å²) in [6.45, 7) is 1.95. The number of aryl methyl sites for hydroxylation is 1. The molecule has 2 aromatic carbocycles. The fraction of sp³-hybridized carbons (Fsp3) is 0.222. The Bertz CT molecular complexity index is 904. The van der Waals surface area contributed by atoms with Gasteiger partial charge in [-0.2, -0.15) is 0 Å². The van der Waals surface area contributed by atoms with Crippen LogP contribution in [0.15, 0.2) is 42.5 Å². The van der Waals surface area contributed by atoms with Crippen molar-refractivity contribution in [2.24, 2.45) is 5.73 Å². The number of amides is 1. The van der Waals surface area contributed by atoms with Gasteiger partial charge in [-0.25, -0.2) is 9.37 Å². The van der Waals surface area contributed by atoms with Gasteiger partial charge < -0.3 is 15.4 Å². The van der Waals surface area contributed by atoms with Gasteiger partial charge in [-0.3, -0.25) is 4.79 Å². The predicted molar refractivity (Wildman–Crippen MR) is 88.7 cm³/mol. The molecule has 3 rings (SSSR count). The van der Waals surface area contributed by atoms with Crippen molar-refractivity contribution < 1.29 is 14.3 Å². The molecule has 0 bridgehead atoms. The first-order valence-electron chi connectivity index (χ1n) is 7.62. The molecule has 124 valence electrons. The number of imidazole rings is 1. The van der Waals surface area contributed by atoms with E-state index in [4.69, 9.17) is 5.73 Å². The van der Waals surface area contributed by atoms with Crippen LogP contribution in [0.4, 0.5) is 4.39 Å². The van der Waals surface area contributed by atoms with Crippen molar-refractivity contribution in [1.82, 2.24) is 9.55 Å². The first-order chi connectivity index (χ1) is 11.5. The molecule has 1 heterocycles. The molecule has 5 nitrogen and oxygen atoms in total. The predicted octanol–water partition coefficient (Wildman–Crippen LogP) is 2.25. The lowest BCUT2D eigenvalue weighted by atomic mass is 10.0. The van der Waals surface area contributed by atoms with Gasteiger partial charge in [0, 0.05) is 0 Å². The van der Waals surface area contributed by atoms with Gasteiger partial charge in [0.1, 0.15) is 11.6 Å². The number of fused-ring (bicyclic) bond motifs is 1. The Morgan fingerprint density at radius 1 is 1.33 bits per heavy atom. The van der Waals surface area contributed by atoms with Crippen LogP contribution in [0.25, 0.3) is 11.0 Å². The summed E-state index contributed by atoms with van der Waals surface area (Å²) < 4.78 is 15.0. The zero-order valence-electron chi connectivity index (χ0n) is 13.2. The number of primary amides is 1. The molecular weight excluding hydrogens is 309 g/mol. The quantitative estimate of drug-likeness (QED) is 0.754. The van der Waals surface area contributed by atoms with Gasteiger partial charge in [0.25, 0.3) is 0 Å². The summed E-state index contributed by atoms with van der Waals surface area (Å²) in [7, 11) is 0. The van der Waals surface area contributed by atoms with E-state index in [-0.39, 0.29) is 18.8 Å². The van der Waals surface area contributed by atoms with Crippen molar-refractivity contribution >= 4 is 16.9 Å². The van der Waals surface area contributed by atoms with Gasteiger partial charge in [-0.1, -0.05) is 18.2 Å². The second-order valence-electron chi connectivity index (χ2n) is 5.79. The number of aromatic nitrogens is 2. The summed E-state index contributed by atoms with van der Waals surface area (Å²) in [4.78, 5) is 15.7. The van der Waals surface area contributed by atoms with Crippen molar-refractivity contribution in [3.8, 4) is 0 Å². The molecule has 3 aromatic rings. The lowest BCUT2D eigenvalue weighted by molar-refractivity contribution is -0.117. The van der Waals surface area contributed by atoms with Gasteiger partial charge >= 0.3 is 0 Å². The maximum Gasteiger partial charge on any atom is 0.225 e. The summed E-state index contributed by atoms with van der Waals surface area (Å²) in [5.74, 6) is -0.326. The number of nitrogens with zero attached hydrogens (tertiary/aromatic N) is 2. The molecule has 6 heteroatoms. The first-order valence-corrected chi connectivity index (χ1v) is 7.62. The third-order valence-electron chi connectivity index (χ3n) is 4.01. The average molecular weight is 327 g/mol. The lowest BCUT2D eigenvalue weighted by Crippen LogP contribution is -2.19. The highest BCUT2D eigenvalue weighted by molar-refractivity contribution is 5.80. The molecule has 0 fully saturated rings. The van der Waals surface area contributed by atoms with E-state index in [0.717, 1.165) is 11.0 Å². The number of benzene rings is 2. The Labute approximate surface area is 138 Å². The number of carbonyl (C=O) groups is 1. The monoisotopic (exact) mass is 327 g/mol. The molecule has 1 unspecified atom stereocenters. The Morgan fingerprint density at radius 3 is 2.79 bits per heavy atom. The number of para-hydroxylation sites is 2. The number of carbonyl (C=O) groups excluding carboxylic acids is 1. The molecule has 24 heavy (non-hydrogen) atoms. The molecule has 0 saturated carbocycles. The van der Waals surface area contributed by atoms with Gasteiger partial charge in [0.15, 0.2) is 0 Å². The van der Waals surface area contributed by atoms with E-state index in [1.807, 2.05) is 24.3 Å². The van der Waals surface area contributed by atoms with Crippen molar-refractivity contribution in [3.63, 3.8) is 0 Å². The molecular formula is C18H18FN3O2. The van der Waals surface area contributed by atoms with E-state index in [1.165, 1.54) is 12.1 Å². The molecule has 0 aliphatic carbocycles. The number of hydrogen-bond acceptors (Lipinski definition) is 3. The van der Waals surface area contributed by atoms with Crippen molar-refractivity contribution in [2.45, 2.75) is 26.0 Å². The number of rotatable bonds is 5. The SMILES string of the molecule is Cc1cc(F)ccc1C(O)Cn1c(CC(N)=O)nc2ccccc21. The van der Waals surface area contributed by atoms with Crippen LogP contribution in [-0.2, 0) is 17.8 Å². The zero-order valence-corrected chi connectivity index (χ0v) is 13.2. The van der Waals surface area contributed by atoms with Crippen LogP contribution in [-0.4, -0.2) is 20.6 Å². The van der Waals surface area contributed by atoms with Gasteiger partial charge in [-0.15, -0.1) is 0 Å². The van der Waals surface area contributed by atoms with E-state index in [2.05, 4.69) is 4.98 Å². The van der Waals surface area contributed by atoms with Crippen LogP contribution >= 0.6 is 0 Å². The normalized spacial score (nSPS) is 12.5. The van der Waals surface area contributed by atoms with Crippen LogP contribution in [0.1, 0.15) is 23.1 Å². The number of aliphatic hydroxyl groups excluding tert-OH is 1. The first kappa shape index (κ1) is 16.1. The summed E-state index contributed by atoms with van der Waals surface area (Å²) in [5, 5.41) is 10.6. The fourth-order valence-electron chi connectivity index (χ4n) is 2.90.